The summed E-state index contributed by atoms with van der Waals surface area (Å²) in [6.45, 7) is 1.82. The van der Waals surface area contributed by atoms with Crippen molar-refractivity contribution >= 4 is 17.2 Å². The average molecular weight is 319 g/mol. The van der Waals surface area contributed by atoms with Crippen LogP contribution in [0.15, 0.2) is 10.7 Å². The highest BCUT2D eigenvalue weighted by Crippen LogP contribution is 2.42. The second kappa shape index (κ2) is 5.44. The van der Waals surface area contributed by atoms with Crippen LogP contribution in [0.25, 0.3) is 0 Å². The standard InChI is InChI=1S/C14H17N5O2S/c15-11(20)12-17-13(21-18-12)10-2-1-5-19(10)7-9-6-16-14(22-9)8-3-4-8/h6,8,10H,1-5,7H2,(H2,15,20)/t10-/m0/s1. The number of thiazole rings is 1. The Balaban J connectivity index is 1.48. The van der Waals surface area contributed by atoms with E-state index in [0.29, 0.717) is 11.8 Å². The molecule has 2 aromatic heterocycles. The van der Waals surface area contributed by atoms with Crippen molar-refractivity contribution in [2.75, 3.05) is 6.54 Å². The highest BCUT2D eigenvalue weighted by molar-refractivity contribution is 7.11. The number of amides is 1. The van der Waals surface area contributed by atoms with Gasteiger partial charge in [0.25, 0.3) is 11.7 Å². The number of nitrogens with two attached hydrogens (primary N) is 1. The molecule has 2 N–H and O–H groups in total. The summed E-state index contributed by atoms with van der Waals surface area (Å²) in [4.78, 5) is 23.3. The second-order valence-corrected chi connectivity index (χ2v) is 7.03. The summed E-state index contributed by atoms with van der Waals surface area (Å²) in [6, 6.07) is 0.0621. The fourth-order valence-electron chi connectivity index (χ4n) is 2.88. The van der Waals surface area contributed by atoms with Crippen molar-refractivity contribution in [2.45, 2.75) is 44.2 Å². The lowest BCUT2D eigenvalue weighted by Gasteiger charge is -2.20. The molecular weight excluding hydrogens is 302 g/mol. The van der Waals surface area contributed by atoms with Crippen molar-refractivity contribution in [1.82, 2.24) is 20.0 Å². The van der Waals surface area contributed by atoms with Gasteiger partial charge in [0.15, 0.2) is 0 Å². The Hall–Kier alpha value is -1.80. The van der Waals surface area contributed by atoms with Crippen LogP contribution in [0.1, 0.15) is 64.0 Å². The Morgan fingerprint density at radius 2 is 2.32 bits per heavy atom. The lowest BCUT2D eigenvalue weighted by atomic mass is 10.2. The molecule has 1 amide bonds. The number of likely N-dealkylation sites (tertiary alicyclic amines) is 1. The smallest absolute Gasteiger partial charge is 0.290 e. The molecule has 0 radical (unpaired) electrons. The lowest BCUT2D eigenvalue weighted by Crippen LogP contribution is -2.22. The summed E-state index contributed by atoms with van der Waals surface area (Å²) in [5.74, 6) is 0.479. The molecule has 1 saturated carbocycles. The zero-order chi connectivity index (χ0) is 15.1. The van der Waals surface area contributed by atoms with E-state index in [1.54, 1.807) is 11.3 Å². The molecule has 1 atom stereocenters. The van der Waals surface area contributed by atoms with Crippen LogP contribution >= 0.6 is 11.3 Å². The maximum Gasteiger partial charge on any atom is 0.290 e. The second-order valence-electron chi connectivity index (χ2n) is 5.89. The number of primary amides is 1. The number of carbonyl (C=O) groups excluding carboxylic acids is 1. The quantitative estimate of drug-likeness (QED) is 0.903. The third-order valence-corrected chi connectivity index (χ3v) is 5.31. The van der Waals surface area contributed by atoms with E-state index in [1.807, 2.05) is 6.20 Å². The molecule has 0 unspecified atom stereocenters. The van der Waals surface area contributed by atoms with Crippen LogP contribution in [0.5, 0.6) is 0 Å². The van der Waals surface area contributed by atoms with E-state index < -0.39 is 5.91 Å². The molecule has 116 valence electrons. The summed E-state index contributed by atoms with van der Waals surface area (Å²) >= 11 is 1.80. The maximum atomic E-state index is 11.1. The van der Waals surface area contributed by atoms with Crippen molar-refractivity contribution in [3.8, 4) is 0 Å². The van der Waals surface area contributed by atoms with Crippen LogP contribution in [-0.2, 0) is 6.54 Å². The van der Waals surface area contributed by atoms with Gasteiger partial charge in [-0.2, -0.15) is 4.98 Å². The number of hydrogen-bond acceptors (Lipinski definition) is 7. The van der Waals surface area contributed by atoms with E-state index >= 15 is 0 Å². The van der Waals surface area contributed by atoms with Crippen LogP contribution in [0, 0.1) is 0 Å². The monoisotopic (exact) mass is 319 g/mol. The Kier molecular flexibility index (Phi) is 3.42. The first-order valence-corrected chi connectivity index (χ1v) is 8.34. The molecule has 3 heterocycles. The minimum atomic E-state index is -0.656. The number of hydrogen-bond donors (Lipinski definition) is 1. The molecule has 2 aliphatic rings. The Bertz CT molecular complexity index is 693. The molecule has 0 spiro atoms. The van der Waals surface area contributed by atoms with Crippen molar-refractivity contribution in [2.24, 2.45) is 5.73 Å². The number of aromatic nitrogens is 3. The first-order valence-electron chi connectivity index (χ1n) is 7.53. The average Bonchev–Trinajstić information content (AvgIpc) is 2.95. The topological polar surface area (TPSA) is 98.1 Å². The van der Waals surface area contributed by atoms with Gasteiger partial charge >= 0.3 is 0 Å². The van der Waals surface area contributed by atoms with E-state index in [0.717, 1.165) is 25.9 Å². The fraction of sp³-hybridized carbons (Fsp3) is 0.571. The van der Waals surface area contributed by atoms with Gasteiger partial charge < -0.3 is 10.3 Å². The van der Waals surface area contributed by atoms with Crippen molar-refractivity contribution in [3.05, 3.63) is 27.8 Å². The Morgan fingerprint density at radius 1 is 1.45 bits per heavy atom. The van der Waals surface area contributed by atoms with Gasteiger partial charge in [-0.25, -0.2) is 4.98 Å². The van der Waals surface area contributed by atoms with Crippen molar-refractivity contribution in [1.29, 1.82) is 0 Å². The summed E-state index contributed by atoms with van der Waals surface area (Å²) in [5.41, 5.74) is 5.18. The Morgan fingerprint density at radius 3 is 3.05 bits per heavy atom. The van der Waals surface area contributed by atoms with Crippen molar-refractivity contribution in [3.63, 3.8) is 0 Å². The molecule has 4 rings (SSSR count). The third kappa shape index (κ3) is 2.64. The molecule has 1 aliphatic carbocycles. The minimum absolute atomic E-state index is 0.0457. The Labute approximate surface area is 131 Å². The zero-order valence-electron chi connectivity index (χ0n) is 12.1. The van der Waals surface area contributed by atoms with Crippen LogP contribution in [0.2, 0.25) is 0 Å². The van der Waals surface area contributed by atoms with Gasteiger partial charge in [-0.15, -0.1) is 11.3 Å². The molecular formula is C14H17N5O2S. The molecule has 7 nitrogen and oxygen atoms in total. The van der Waals surface area contributed by atoms with Gasteiger partial charge in [-0.1, -0.05) is 5.16 Å². The van der Waals surface area contributed by atoms with Gasteiger partial charge in [0, 0.05) is 23.5 Å². The largest absolute Gasteiger partial charge is 0.363 e. The summed E-state index contributed by atoms with van der Waals surface area (Å²) in [6.07, 6.45) is 6.56. The van der Waals surface area contributed by atoms with Gasteiger partial charge in [0.2, 0.25) is 5.89 Å². The number of rotatable bonds is 5. The van der Waals surface area contributed by atoms with Gasteiger partial charge in [-0.3, -0.25) is 9.69 Å². The van der Waals surface area contributed by atoms with Gasteiger partial charge in [0.05, 0.1) is 11.0 Å². The number of carbonyl (C=O) groups is 1. The van der Waals surface area contributed by atoms with Crippen LogP contribution in [-0.4, -0.2) is 32.5 Å². The normalized spacial score (nSPS) is 22.3. The first-order chi connectivity index (χ1) is 10.7. The highest BCUT2D eigenvalue weighted by Gasteiger charge is 2.32. The molecule has 0 aromatic carbocycles. The maximum absolute atomic E-state index is 11.1. The molecule has 0 bridgehead atoms. The van der Waals surface area contributed by atoms with E-state index in [-0.39, 0.29) is 11.9 Å². The predicted octanol–water partition coefficient (Wildman–Crippen LogP) is 1.84. The molecule has 2 aromatic rings. The summed E-state index contributed by atoms with van der Waals surface area (Å²) in [7, 11) is 0. The molecule has 22 heavy (non-hydrogen) atoms. The molecule has 1 saturated heterocycles. The lowest BCUT2D eigenvalue weighted by molar-refractivity contribution is 0.0987. The van der Waals surface area contributed by atoms with Crippen LogP contribution in [0.3, 0.4) is 0 Å². The molecule has 8 heteroatoms. The van der Waals surface area contributed by atoms with E-state index in [4.69, 9.17) is 10.3 Å². The zero-order valence-corrected chi connectivity index (χ0v) is 12.9. The number of nitrogens with zero attached hydrogens (tertiary/aromatic N) is 4. The highest BCUT2D eigenvalue weighted by atomic mass is 32.1. The SMILES string of the molecule is NC(=O)c1noc([C@@H]2CCCN2Cc2cnc(C3CC3)s2)n1. The third-order valence-electron chi connectivity index (χ3n) is 4.17. The molecule has 2 fully saturated rings. The summed E-state index contributed by atoms with van der Waals surface area (Å²) < 4.78 is 5.22. The van der Waals surface area contributed by atoms with Gasteiger partial charge in [-0.05, 0) is 32.2 Å². The summed E-state index contributed by atoms with van der Waals surface area (Å²) in [5, 5.41) is 4.90. The minimum Gasteiger partial charge on any atom is -0.363 e. The molecule has 1 aliphatic heterocycles. The van der Waals surface area contributed by atoms with E-state index in [9.17, 15) is 4.79 Å². The van der Waals surface area contributed by atoms with E-state index in [2.05, 4.69) is 20.0 Å². The van der Waals surface area contributed by atoms with Gasteiger partial charge in [0.1, 0.15) is 0 Å². The van der Waals surface area contributed by atoms with Crippen molar-refractivity contribution < 1.29 is 9.32 Å². The predicted molar refractivity (Wildman–Crippen MR) is 79.3 cm³/mol. The fourth-order valence-corrected chi connectivity index (χ4v) is 3.99. The first kappa shape index (κ1) is 13.8. The van der Waals surface area contributed by atoms with E-state index in [1.165, 1.54) is 22.7 Å². The van der Waals surface area contributed by atoms with Crippen LogP contribution < -0.4 is 5.73 Å². The van der Waals surface area contributed by atoms with Crippen LogP contribution in [0.4, 0.5) is 0 Å².